The molecule has 0 aromatic heterocycles. The number of hydrogen-bond acceptors (Lipinski definition) is 2. The number of rotatable bonds is 3. The number of benzene rings is 1. The van der Waals surface area contributed by atoms with Crippen LogP contribution in [-0.2, 0) is 4.79 Å². The monoisotopic (exact) mass is 246 g/mol. The SMILES string of the molecule is CC(C(=O)O)C(=O)c1ccc(Cl)cc1Cl. The number of ketones is 1. The molecule has 80 valence electrons. The highest BCUT2D eigenvalue weighted by Crippen LogP contribution is 2.23. The largest absolute Gasteiger partial charge is 0.481 e. The van der Waals surface area contributed by atoms with Gasteiger partial charge in [-0.3, -0.25) is 9.59 Å². The van der Waals surface area contributed by atoms with Crippen LogP contribution >= 0.6 is 23.2 Å². The first-order valence-corrected chi connectivity index (χ1v) is 4.91. The molecule has 1 aromatic carbocycles. The molecule has 1 N–H and O–H groups in total. The lowest BCUT2D eigenvalue weighted by molar-refractivity contribution is -0.139. The number of halogens is 2. The predicted molar refractivity (Wildman–Crippen MR) is 57.6 cm³/mol. The maximum absolute atomic E-state index is 11.6. The van der Waals surface area contributed by atoms with Gasteiger partial charge in [-0.25, -0.2) is 0 Å². The highest BCUT2D eigenvalue weighted by atomic mass is 35.5. The van der Waals surface area contributed by atoms with Gasteiger partial charge in [-0.15, -0.1) is 0 Å². The lowest BCUT2D eigenvalue weighted by Crippen LogP contribution is -2.20. The van der Waals surface area contributed by atoms with Gasteiger partial charge in [0.1, 0.15) is 5.92 Å². The van der Waals surface area contributed by atoms with Crippen molar-refractivity contribution in [2.75, 3.05) is 0 Å². The lowest BCUT2D eigenvalue weighted by atomic mass is 10.00. The van der Waals surface area contributed by atoms with Crippen LogP contribution in [-0.4, -0.2) is 16.9 Å². The predicted octanol–water partition coefficient (Wildman–Crippen LogP) is 2.90. The van der Waals surface area contributed by atoms with Gasteiger partial charge < -0.3 is 5.11 Å². The van der Waals surface area contributed by atoms with Crippen molar-refractivity contribution >= 4 is 35.0 Å². The van der Waals surface area contributed by atoms with Gasteiger partial charge in [-0.05, 0) is 25.1 Å². The molecule has 0 aliphatic rings. The molecule has 0 bridgehead atoms. The van der Waals surface area contributed by atoms with Gasteiger partial charge in [-0.1, -0.05) is 23.2 Å². The average molecular weight is 247 g/mol. The number of aliphatic carboxylic acids is 1. The molecule has 1 atom stereocenters. The van der Waals surface area contributed by atoms with Gasteiger partial charge in [0.05, 0.1) is 5.02 Å². The van der Waals surface area contributed by atoms with Gasteiger partial charge in [0, 0.05) is 10.6 Å². The third-order valence-electron chi connectivity index (χ3n) is 1.96. The van der Waals surface area contributed by atoms with Crippen LogP contribution in [0.1, 0.15) is 17.3 Å². The minimum atomic E-state index is -1.17. The zero-order chi connectivity index (χ0) is 11.6. The van der Waals surface area contributed by atoms with Crippen LogP contribution in [0.2, 0.25) is 10.0 Å². The van der Waals surface area contributed by atoms with Crippen molar-refractivity contribution in [2.45, 2.75) is 6.92 Å². The Morgan fingerprint density at radius 2 is 1.93 bits per heavy atom. The molecule has 0 saturated carbocycles. The van der Waals surface area contributed by atoms with E-state index in [-0.39, 0.29) is 10.6 Å². The summed E-state index contributed by atoms with van der Waals surface area (Å²) in [5.41, 5.74) is 0.177. The molecule has 1 rings (SSSR count). The Morgan fingerprint density at radius 3 is 2.40 bits per heavy atom. The number of carboxylic acids is 1. The molecule has 0 fully saturated rings. The summed E-state index contributed by atoms with van der Waals surface area (Å²) in [4.78, 5) is 22.2. The minimum Gasteiger partial charge on any atom is -0.481 e. The number of Topliss-reactive ketones (excluding diaryl/α,β-unsaturated/α-hetero) is 1. The Balaban J connectivity index is 3.07. The summed E-state index contributed by atoms with van der Waals surface area (Å²) in [6.45, 7) is 1.32. The van der Waals surface area contributed by atoms with Gasteiger partial charge >= 0.3 is 5.97 Å². The topological polar surface area (TPSA) is 54.4 Å². The molecule has 1 aromatic rings. The third kappa shape index (κ3) is 2.70. The van der Waals surface area contributed by atoms with E-state index in [4.69, 9.17) is 28.3 Å². The van der Waals surface area contributed by atoms with Crippen molar-refractivity contribution in [2.24, 2.45) is 5.92 Å². The highest BCUT2D eigenvalue weighted by molar-refractivity contribution is 6.37. The third-order valence-corrected chi connectivity index (χ3v) is 2.51. The van der Waals surface area contributed by atoms with Crippen LogP contribution in [0.3, 0.4) is 0 Å². The Kier molecular flexibility index (Phi) is 3.72. The number of carboxylic acid groups (broad SMARTS) is 1. The number of carbonyl (C=O) groups is 2. The first-order valence-electron chi connectivity index (χ1n) is 4.15. The molecule has 0 heterocycles. The Morgan fingerprint density at radius 1 is 1.33 bits per heavy atom. The molecule has 1 unspecified atom stereocenters. The summed E-state index contributed by atoms with van der Waals surface area (Å²) in [5.74, 6) is -2.81. The van der Waals surface area contributed by atoms with E-state index in [9.17, 15) is 9.59 Å². The van der Waals surface area contributed by atoms with Crippen molar-refractivity contribution in [3.05, 3.63) is 33.8 Å². The van der Waals surface area contributed by atoms with E-state index >= 15 is 0 Å². The Labute approximate surface area is 96.6 Å². The fourth-order valence-electron chi connectivity index (χ4n) is 1.03. The molecule has 0 aliphatic carbocycles. The van der Waals surface area contributed by atoms with Crippen LogP contribution < -0.4 is 0 Å². The molecule has 0 amide bonds. The fourth-order valence-corrected chi connectivity index (χ4v) is 1.54. The molecule has 0 spiro atoms. The second kappa shape index (κ2) is 4.64. The molecule has 15 heavy (non-hydrogen) atoms. The summed E-state index contributed by atoms with van der Waals surface area (Å²) in [6.07, 6.45) is 0. The van der Waals surface area contributed by atoms with Crippen molar-refractivity contribution < 1.29 is 14.7 Å². The summed E-state index contributed by atoms with van der Waals surface area (Å²) in [6, 6.07) is 4.33. The minimum absolute atomic E-state index is 0.167. The van der Waals surface area contributed by atoms with E-state index in [1.165, 1.54) is 25.1 Å². The molecule has 0 radical (unpaired) electrons. The summed E-state index contributed by atoms with van der Waals surface area (Å²) in [7, 11) is 0. The summed E-state index contributed by atoms with van der Waals surface area (Å²) in [5, 5.41) is 9.24. The summed E-state index contributed by atoms with van der Waals surface area (Å²) >= 11 is 11.4. The molecule has 0 saturated heterocycles. The highest BCUT2D eigenvalue weighted by Gasteiger charge is 2.23. The average Bonchev–Trinajstić information content (AvgIpc) is 2.15. The first-order chi connectivity index (χ1) is 6.93. The Hall–Kier alpha value is -1.06. The second-order valence-electron chi connectivity index (χ2n) is 3.05. The van der Waals surface area contributed by atoms with E-state index in [1.54, 1.807) is 0 Å². The van der Waals surface area contributed by atoms with Crippen molar-refractivity contribution in [3.63, 3.8) is 0 Å². The van der Waals surface area contributed by atoms with Crippen LogP contribution in [0, 0.1) is 5.92 Å². The summed E-state index contributed by atoms with van der Waals surface area (Å²) < 4.78 is 0. The van der Waals surface area contributed by atoms with E-state index in [2.05, 4.69) is 0 Å². The molecule has 3 nitrogen and oxygen atoms in total. The van der Waals surface area contributed by atoms with Gasteiger partial charge in [0.15, 0.2) is 5.78 Å². The zero-order valence-corrected chi connectivity index (χ0v) is 9.34. The standard InChI is InChI=1S/C10H8Cl2O3/c1-5(10(14)15)9(13)7-3-2-6(11)4-8(7)12/h2-5H,1H3,(H,14,15). The maximum Gasteiger partial charge on any atom is 0.314 e. The Bertz CT molecular complexity index is 415. The van der Waals surface area contributed by atoms with E-state index < -0.39 is 17.7 Å². The van der Waals surface area contributed by atoms with Crippen LogP contribution in [0.5, 0.6) is 0 Å². The van der Waals surface area contributed by atoms with E-state index in [0.29, 0.717) is 5.02 Å². The van der Waals surface area contributed by atoms with Gasteiger partial charge in [0.25, 0.3) is 0 Å². The molecule has 5 heteroatoms. The normalized spacial score (nSPS) is 12.2. The second-order valence-corrected chi connectivity index (χ2v) is 3.89. The molecule has 0 aliphatic heterocycles. The number of carbonyl (C=O) groups excluding carboxylic acids is 1. The van der Waals surface area contributed by atoms with Crippen molar-refractivity contribution in [1.82, 2.24) is 0 Å². The van der Waals surface area contributed by atoms with Gasteiger partial charge in [0.2, 0.25) is 0 Å². The first kappa shape index (κ1) is 12.0. The van der Waals surface area contributed by atoms with E-state index in [0.717, 1.165) is 0 Å². The van der Waals surface area contributed by atoms with Crippen LogP contribution in [0.15, 0.2) is 18.2 Å². The quantitative estimate of drug-likeness (QED) is 0.659. The van der Waals surface area contributed by atoms with Crippen molar-refractivity contribution in [3.8, 4) is 0 Å². The molecular weight excluding hydrogens is 239 g/mol. The lowest BCUT2D eigenvalue weighted by Gasteiger charge is -2.07. The van der Waals surface area contributed by atoms with E-state index in [1.807, 2.05) is 0 Å². The zero-order valence-electron chi connectivity index (χ0n) is 7.83. The maximum atomic E-state index is 11.6. The van der Waals surface area contributed by atoms with Crippen molar-refractivity contribution in [1.29, 1.82) is 0 Å². The fraction of sp³-hybridized carbons (Fsp3) is 0.200. The van der Waals surface area contributed by atoms with Crippen LogP contribution in [0.25, 0.3) is 0 Å². The smallest absolute Gasteiger partial charge is 0.314 e. The van der Waals surface area contributed by atoms with Crippen LogP contribution in [0.4, 0.5) is 0 Å². The number of hydrogen-bond donors (Lipinski definition) is 1. The van der Waals surface area contributed by atoms with Gasteiger partial charge in [-0.2, -0.15) is 0 Å². The molecular formula is C10H8Cl2O3.